The normalized spacial score (nSPS) is 26.0. The number of carbonyl (C=O) groups excluding carboxylic acids is 2. The maximum Gasteiger partial charge on any atom is 0.306 e. The zero-order valence-electron chi connectivity index (χ0n) is 40.8. The number of allylic oxidation sites excluding steroid dienone is 1. The van der Waals surface area contributed by atoms with E-state index >= 15 is 0 Å². The molecule has 4 unspecified atom stereocenters. The van der Waals surface area contributed by atoms with Gasteiger partial charge in [-0.2, -0.15) is 0 Å². The van der Waals surface area contributed by atoms with Gasteiger partial charge in [0.2, 0.25) is 0 Å². The molecule has 2 heterocycles. The van der Waals surface area contributed by atoms with Crippen molar-refractivity contribution < 1.29 is 73.8 Å². The zero-order chi connectivity index (χ0) is 48.2. The molecule has 0 aliphatic carbocycles. The van der Waals surface area contributed by atoms with Crippen molar-refractivity contribution in [2.45, 2.75) is 273 Å². The predicted molar refractivity (Wildman–Crippen MR) is 252 cm³/mol. The van der Waals surface area contributed by atoms with Gasteiger partial charge in [-0.1, -0.05) is 174 Å². The minimum atomic E-state index is -1.76. The van der Waals surface area contributed by atoms with Crippen LogP contribution in [0.15, 0.2) is 12.7 Å². The fourth-order valence-electron chi connectivity index (χ4n) is 8.55. The van der Waals surface area contributed by atoms with Crippen LogP contribution in [0.5, 0.6) is 0 Å². The number of esters is 2. The minimum Gasteiger partial charge on any atom is -0.462 e. The maximum atomic E-state index is 13.0. The van der Waals surface area contributed by atoms with Crippen LogP contribution in [0.3, 0.4) is 0 Å². The second-order valence-electron chi connectivity index (χ2n) is 18.8. The van der Waals surface area contributed by atoms with E-state index in [1.165, 1.54) is 128 Å². The molecule has 2 aliphatic rings. The molecule has 15 nitrogen and oxygen atoms in total. The molecule has 11 atom stereocenters. The van der Waals surface area contributed by atoms with E-state index in [1.54, 1.807) is 0 Å². The number of hydrogen-bond acceptors (Lipinski definition) is 15. The highest BCUT2D eigenvalue weighted by Gasteiger charge is 2.47. The first-order chi connectivity index (χ1) is 32.0. The molecule has 0 aromatic rings. The largest absolute Gasteiger partial charge is 0.462 e. The number of aliphatic hydroxyl groups is 7. The molecule has 0 saturated carbocycles. The second-order valence-corrected chi connectivity index (χ2v) is 18.8. The summed E-state index contributed by atoms with van der Waals surface area (Å²) in [5, 5.41) is 72.1. The zero-order valence-corrected chi connectivity index (χ0v) is 40.8. The fourth-order valence-corrected chi connectivity index (χ4v) is 8.55. The molecule has 0 bridgehead atoms. The van der Waals surface area contributed by atoms with Crippen molar-refractivity contribution in [3.05, 3.63) is 12.7 Å². The molecule has 2 fully saturated rings. The Labute approximate surface area is 397 Å². The van der Waals surface area contributed by atoms with E-state index < -0.39 is 92.7 Å². The van der Waals surface area contributed by atoms with E-state index in [0.29, 0.717) is 12.8 Å². The lowest BCUT2D eigenvalue weighted by Gasteiger charge is -2.42. The van der Waals surface area contributed by atoms with E-state index in [9.17, 15) is 45.3 Å². The minimum absolute atomic E-state index is 0.168. The maximum absolute atomic E-state index is 13.0. The van der Waals surface area contributed by atoms with Gasteiger partial charge in [0.1, 0.15) is 55.4 Å². The molecule has 0 amide bonds. The summed E-state index contributed by atoms with van der Waals surface area (Å²) < 4.78 is 33.6. The Morgan fingerprint density at radius 2 is 0.894 bits per heavy atom. The molecule has 0 spiro atoms. The lowest BCUT2D eigenvalue weighted by Crippen LogP contribution is -2.61. The summed E-state index contributed by atoms with van der Waals surface area (Å²) in [6.45, 7) is 4.15. The Balaban J connectivity index is 1.79. The summed E-state index contributed by atoms with van der Waals surface area (Å²) in [5.41, 5.74) is 0. The Bertz CT molecular complexity index is 1190. The molecule has 2 rings (SSSR count). The van der Waals surface area contributed by atoms with E-state index in [1.807, 2.05) is 6.08 Å². The standard InChI is InChI=1S/C51H94O15/c1-3-5-7-9-11-13-15-17-19-21-23-25-27-29-31-33-42(53)61-36-39(64-43(54)34-32-30-28-26-24-22-20-18-16-14-12-10-8-6-4-2)37-62-50-49(60)47(58)45(56)41(66-50)38-63-51-48(59)46(57)44(55)40(35-52)65-51/h4,39-41,44-52,55-60H,2-3,5-38H2,1H3/t39-,40-,41-,44+,45+,46?,47?,48?,49?,50-,51-/m1/s1. The van der Waals surface area contributed by atoms with Crippen LogP contribution in [0.25, 0.3) is 0 Å². The van der Waals surface area contributed by atoms with Crippen molar-refractivity contribution in [2.75, 3.05) is 26.4 Å². The van der Waals surface area contributed by atoms with Gasteiger partial charge in [0.05, 0.1) is 19.8 Å². The van der Waals surface area contributed by atoms with E-state index in [0.717, 1.165) is 44.9 Å². The predicted octanol–water partition coefficient (Wildman–Crippen LogP) is 7.38. The summed E-state index contributed by atoms with van der Waals surface area (Å²) in [6.07, 6.45) is 19.8. The summed E-state index contributed by atoms with van der Waals surface area (Å²) in [6, 6.07) is 0. The first-order valence-corrected chi connectivity index (χ1v) is 26.2. The van der Waals surface area contributed by atoms with E-state index in [4.69, 9.17) is 28.4 Å². The topological polar surface area (TPSA) is 231 Å². The highest BCUT2D eigenvalue weighted by Crippen LogP contribution is 2.27. The van der Waals surface area contributed by atoms with Crippen LogP contribution in [0, 0.1) is 0 Å². The summed E-state index contributed by atoms with van der Waals surface area (Å²) >= 11 is 0. The molecule has 2 aliphatic heterocycles. The third-order valence-electron chi connectivity index (χ3n) is 12.9. The molecular weight excluding hydrogens is 853 g/mol. The van der Waals surface area contributed by atoms with Crippen molar-refractivity contribution in [1.82, 2.24) is 0 Å². The highest BCUT2D eigenvalue weighted by molar-refractivity contribution is 5.70. The highest BCUT2D eigenvalue weighted by atomic mass is 16.7. The average Bonchev–Trinajstić information content (AvgIpc) is 3.31. The molecule has 388 valence electrons. The van der Waals surface area contributed by atoms with Gasteiger partial charge in [0.25, 0.3) is 0 Å². The number of unbranched alkanes of at least 4 members (excludes halogenated alkanes) is 27. The molecule has 66 heavy (non-hydrogen) atoms. The van der Waals surface area contributed by atoms with Gasteiger partial charge >= 0.3 is 11.9 Å². The number of aliphatic hydroxyl groups excluding tert-OH is 7. The Morgan fingerprint density at radius 1 is 0.500 bits per heavy atom. The average molecular weight is 947 g/mol. The van der Waals surface area contributed by atoms with Crippen molar-refractivity contribution in [1.29, 1.82) is 0 Å². The molecule has 0 aromatic carbocycles. The Morgan fingerprint density at radius 3 is 1.35 bits per heavy atom. The quantitative estimate of drug-likeness (QED) is 0.0180. The van der Waals surface area contributed by atoms with Crippen LogP contribution < -0.4 is 0 Å². The Hall–Kier alpha value is -1.76. The number of ether oxygens (including phenoxy) is 6. The monoisotopic (exact) mass is 947 g/mol. The van der Waals surface area contributed by atoms with Gasteiger partial charge in [0, 0.05) is 12.8 Å². The van der Waals surface area contributed by atoms with Gasteiger partial charge in [-0.25, -0.2) is 0 Å². The molecule has 0 radical (unpaired) electrons. The van der Waals surface area contributed by atoms with Crippen LogP contribution in [-0.2, 0) is 38.0 Å². The second kappa shape index (κ2) is 39.0. The first kappa shape index (κ1) is 60.4. The SMILES string of the molecule is C=CCCCCCCCCCCCCCCCC(=O)O[C@H](COC(=O)CCCCCCCCCCCCCCCCC)CO[C@@H]1O[C@H](CO[C@@H]2O[C@H](CO)[C@H](O)C(O)C2O)[C@H](O)C(O)C1O. The van der Waals surface area contributed by atoms with Gasteiger partial charge in [-0.15, -0.1) is 6.58 Å². The number of carbonyl (C=O) groups is 2. The number of rotatable bonds is 42. The van der Waals surface area contributed by atoms with Crippen LogP contribution in [-0.4, -0.2) is 142 Å². The third kappa shape index (κ3) is 26.8. The van der Waals surface area contributed by atoms with E-state index in [2.05, 4.69) is 13.5 Å². The van der Waals surface area contributed by atoms with Gasteiger partial charge in [-0.05, 0) is 25.7 Å². The first-order valence-electron chi connectivity index (χ1n) is 26.2. The van der Waals surface area contributed by atoms with Gasteiger partial charge < -0.3 is 64.2 Å². The Kier molecular flexibility index (Phi) is 35.7. The summed E-state index contributed by atoms with van der Waals surface area (Å²) in [4.78, 5) is 25.8. The smallest absolute Gasteiger partial charge is 0.306 e. The summed E-state index contributed by atoms with van der Waals surface area (Å²) in [5.74, 6) is -0.916. The van der Waals surface area contributed by atoms with Gasteiger partial charge in [0.15, 0.2) is 18.7 Å². The van der Waals surface area contributed by atoms with Crippen molar-refractivity contribution in [2.24, 2.45) is 0 Å². The summed E-state index contributed by atoms with van der Waals surface area (Å²) in [7, 11) is 0. The van der Waals surface area contributed by atoms with Crippen LogP contribution >= 0.6 is 0 Å². The number of hydrogen-bond donors (Lipinski definition) is 7. The lowest BCUT2D eigenvalue weighted by atomic mass is 9.98. The molecule has 0 aromatic heterocycles. The molecular formula is C51H94O15. The molecule has 7 N–H and O–H groups in total. The third-order valence-corrected chi connectivity index (χ3v) is 12.9. The van der Waals surface area contributed by atoms with Crippen molar-refractivity contribution in [3.63, 3.8) is 0 Å². The molecule has 15 heteroatoms. The van der Waals surface area contributed by atoms with Crippen molar-refractivity contribution >= 4 is 11.9 Å². The lowest BCUT2D eigenvalue weighted by molar-refractivity contribution is -0.332. The van der Waals surface area contributed by atoms with Crippen molar-refractivity contribution in [3.8, 4) is 0 Å². The molecule has 2 saturated heterocycles. The van der Waals surface area contributed by atoms with Crippen LogP contribution in [0.4, 0.5) is 0 Å². The fraction of sp³-hybridized carbons (Fsp3) is 0.922. The van der Waals surface area contributed by atoms with Gasteiger partial charge in [-0.3, -0.25) is 9.59 Å². The van der Waals surface area contributed by atoms with E-state index in [-0.39, 0.29) is 26.1 Å². The van der Waals surface area contributed by atoms with Crippen LogP contribution in [0.2, 0.25) is 0 Å². The van der Waals surface area contributed by atoms with Crippen LogP contribution in [0.1, 0.15) is 206 Å².